The van der Waals surface area contributed by atoms with Gasteiger partial charge in [0.1, 0.15) is 29.5 Å². The number of amides is 1. The number of rotatable bonds is 9. The maximum Gasteiger partial charge on any atom is 0.319 e. The van der Waals surface area contributed by atoms with Gasteiger partial charge in [-0.15, -0.1) is 0 Å². The number of nitrogens with zero attached hydrogens (tertiary/aromatic N) is 7. The SMILES string of the molecule is C=CC(=O)N1CCN(c2nc(OC[C@@H]3CCCN3C)nc3c(OC4CC4)c(-c4cccc5ccc(F)c(Cl)c45)ncc23)C[C@@H]1CC#N. The summed E-state index contributed by atoms with van der Waals surface area (Å²) >= 11 is 6.56. The number of nitriles is 1. The van der Waals surface area contributed by atoms with Crippen LogP contribution in [0.1, 0.15) is 32.1 Å². The molecule has 2 atom stereocenters. The van der Waals surface area contributed by atoms with E-state index in [9.17, 15) is 14.4 Å². The molecule has 12 heteroatoms. The van der Waals surface area contributed by atoms with E-state index in [0.29, 0.717) is 65.4 Å². The summed E-state index contributed by atoms with van der Waals surface area (Å²) in [6.07, 6.45) is 7.06. The topological polar surface area (TPSA) is 108 Å². The Bertz CT molecular complexity index is 1910. The van der Waals surface area contributed by atoms with Crippen LogP contribution < -0.4 is 14.4 Å². The molecule has 1 amide bonds. The average molecular weight is 656 g/mol. The molecule has 2 aliphatic heterocycles. The first-order valence-corrected chi connectivity index (χ1v) is 16.4. The predicted octanol–water partition coefficient (Wildman–Crippen LogP) is 5.77. The molecule has 4 aromatic rings. The van der Waals surface area contributed by atoms with E-state index in [-0.39, 0.29) is 41.5 Å². The van der Waals surface area contributed by atoms with Gasteiger partial charge in [0, 0.05) is 42.8 Å². The van der Waals surface area contributed by atoms with Gasteiger partial charge in [0.25, 0.3) is 0 Å². The molecule has 242 valence electrons. The monoisotopic (exact) mass is 655 g/mol. The molecule has 7 rings (SSSR count). The smallest absolute Gasteiger partial charge is 0.319 e. The first kappa shape index (κ1) is 31.1. The molecule has 0 bridgehead atoms. The van der Waals surface area contributed by atoms with E-state index in [1.165, 1.54) is 12.1 Å². The number of piperazine rings is 1. The molecule has 4 heterocycles. The van der Waals surface area contributed by atoms with E-state index in [4.69, 9.17) is 36.0 Å². The summed E-state index contributed by atoms with van der Waals surface area (Å²) in [5.74, 6) is 0.312. The maximum absolute atomic E-state index is 14.8. The summed E-state index contributed by atoms with van der Waals surface area (Å²) in [5.41, 5.74) is 1.65. The lowest BCUT2D eigenvalue weighted by atomic mass is 10.00. The lowest BCUT2D eigenvalue weighted by Gasteiger charge is -2.41. The van der Waals surface area contributed by atoms with Gasteiger partial charge in [-0.3, -0.25) is 9.78 Å². The quantitative estimate of drug-likeness (QED) is 0.208. The Hall–Kier alpha value is -4.53. The second-order valence-corrected chi connectivity index (χ2v) is 12.8. The van der Waals surface area contributed by atoms with Crippen LogP contribution in [0.4, 0.5) is 10.2 Å². The number of aromatic nitrogens is 3. The van der Waals surface area contributed by atoms with Crippen molar-refractivity contribution in [3.05, 3.63) is 60.0 Å². The van der Waals surface area contributed by atoms with Gasteiger partial charge in [0.05, 0.1) is 35.0 Å². The van der Waals surface area contributed by atoms with E-state index in [1.807, 2.05) is 18.2 Å². The molecular formula is C35H35ClFN7O3. The third-order valence-corrected chi connectivity index (χ3v) is 9.67. The highest BCUT2D eigenvalue weighted by Gasteiger charge is 2.33. The first-order chi connectivity index (χ1) is 22.9. The van der Waals surface area contributed by atoms with E-state index in [1.54, 1.807) is 17.2 Å². The van der Waals surface area contributed by atoms with Crippen molar-refractivity contribution in [3.63, 3.8) is 0 Å². The zero-order valence-corrected chi connectivity index (χ0v) is 26.9. The van der Waals surface area contributed by atoms with Crippen LogP contribution in [0, 0.1) is 17.1 Å². The molecule has 3 aliphatic rings. The van der Waals surface area contributed by atoms with E-state index in [2.05, 4.69) is 29.5 Å². The molecule has 0 N–H and O–H groups in total. The second kappa shape index (κ2) is 12.9. The van der Waals surface area contributed by atoms with Crippen molar-refractivity contribution in [1.29, 1.82) is 5.26 Å². The Balaban J connectivity index is 1.39. The molecule has 0 spiro atoms. The fraction of sp³-hybridized carbons (Fsp3) is 0.400. The molecular weight excluding hydrogens is 621 g/mol. The van der Waals surface area contributed by atoms with Crippen molar-refractivity contribution in [2.45, 2.75) is 50.3 Å². The van der Waals surface area contributed by atoms with Gasteiger partial charge in [-0.1, -0.05) is 42.4 Å². The van der Waals surface area contributed by atoms with Crippen LogP contribution in [-0.2, 0) is 4.79 Å². The number of benzene rings is 2. The molecule has 0 radical (unpaired) electrons. The Morgan fingerprint density at radius 1 is 1.17 bits per heavy atom. The standard InChI is InChI=1S/C35H35ClFN7O3/c1-3-28(45)44-17-16-43(19-22(44)13-14-38)34-26-18-39-31(25-8-4-6-21-9-12-27(37)30(36)29(21)25)33(47-24-10-11-24)32(26)40-35(41-34)46-20-23-7-5-15-42(23)2/h3-4,6,8-9,12,18,22-24H,1,5,7,10-11,13,15-17,19-20H2,2H3/t22-,23-/m0/s1. The number of halogens is 2. The largest absolute Gasteiger partial charge is 0.486 e. The lowest BCUT2D eigenvalue weighted by Crippen LogP contribution is -2.55. The van der Waals surface area contributed by atoms with Gasteiger partial charge in [0.2, 0.25) is 5.91 Å². The van der Waals surface area contributed by atoms with Crippen LogP contribution >= 0.6 is 11.6 Å². The van der Waals surface area contributed by atoms with E-state index >= 15 is 0 Å². The van der Waals surface area contributed by atoms with E-state index in [0.717, 1.165) is 37.6 Å². The average Bonchev–Trinajstić information content (AvgIpc) is 3.82. The summed E-state index contributed by atoms with van der Waals surface area (Å²) in [6.45, 7) is 6.31. The summed E-state index contributed by atoms with van der Waals surface area (Å²) in [5, 5.41) is 11.6. The van der Waals surface area contributed by atoms with Gasteiger partial charge in [0.15, 0.2) is 5.75 Å². The molecule has 0 unspecified atom stereocenters. The number of likely N-dealkylation sites (tertiary alicyclic amines) is 1. The van der Waals surface area contributed by atoms with Crippen LogP contribution in [0.3, 0.4) is 0 Å². The minimum atomic E-state index is -0.518. The molecule has 47 heavy (non-hydrogen) atoms. The third kappa shape index (κ3) is 6.03. The Morgan fingerprint density at radius 2 is 2.02 bits per heavy atom. The molecule has 1 aliphatic carbocycles. The number of carbonyl (C=O) groups excluding carboxylic acids is 1. The highest BCUT2D eigenvalue weighted by Crippen LogP contribution is 2.44. The maximum atomic E-state index is 14.8. The van der Waals surface area contributed by atoms with Gasteiger partial charge in [-0.05, 0) is 56.8 Å². The zero-order chi connectivity index (χ0) is 32.7. The number of hydrogen-bond donors (Lipinski definition) is 0. The molecule has 2 saturated heterocycles. The number of ether oxygens (including phenoxy) is 2. The van der Waals surface area contributed by atoms with Crippen LogP contribution in [-0.4, -0.2) is 88.7 Å². The number of likely N-dealkylation sites (N-methyl/N-ethyl adjacent to an activating group) is 1. The fourth-order valence-corrected chi connectivity index (χ4v) is 6.87. The highest BCUT2D eigenvalue weighted by molar-refractivity contribution is 6.37. The van der Waals surface area contributed by atoms with Crippen molar-refractivity contribution in [2.75, 3.05) is 44.7 Å². The summed E-state index contributed by atoms with van der Waals surface area (Å²) < 4.78 is 27.7. The van der Waals surface area contributed by atoms with Crippen LogP contribution in [0.15, 0.2) is 49.2 Å². The number of fused-ring (bicyclic) bond motifs is 2. The molecule has 2 aromatic heterocycles. The van der Waals surface area contributed by atoms with E-state index < -0.39 is 5.82 Å². The van der Waals surface area contributed by atoms with Gasteiger partial charge in [-0.25, -0.2) is 4.39 Å². The minimum Gasteiger partial charge on any atom is -0.486 e. The van der Waals surface area contributed by atoms with Gasteiger partial charge in [-0.2, -0.15) is 15.2 Å². The third-order valence-electron chi connectivity index (χ3n) is 9.30. The predicted molar refractivity (Wildman–Crippen MR) is 178 cm³/mol. The molecule has 10 nitrogen and oxygen atoms in total. The number of carbonyl (C=O) groups is 1. The lowest BCUT2D eigenvalue weighted by molar-refractivity contribution is -0.128. The Labute approximate surface area is 277 Å². The number of pyridine rings is 1. The Morgan fingerprint density at radius 3 is 2.77 bits per heavy atom. The van der Waals surface area contributed by atoms with Crippen molar-refractivity contribution in [2.24, 2.45) is 0 Å². The second-order valence-electron chi connectivity index (χ2n) is 12.4. The van der Waals surface area contributed by atoms with Gasteiger partial charge >= 0.3 is 6.01 Å². The molecule has 2 aromatic carbocycles. The molecule has 3 fully saturated rings. The van der Waals surface area contributed by atoms with Crippen LogP contribution in [0.2, 0.25) is 5.02 Å². The normalized spacial score (nSPS) is 20.0. The summed E-state index contributed by atoms with van der Waals surface area (Å²) in [6, 6.07) is 11.0. The Kier molecular flexibility index (Phi) is 8.55. The van der Waals surface area contributed by atoms with Crippen molar-refractivity contribution >= 4 is 45.0 Å². The number of hydrogen-bond acceptors (Lipinski definition) is 9. The van der Waals surface area contributed by atoms with Crippen molar-refractivity contribution < 1.29 is 18.7 Å². The van der Waals surface area contributed by atoms with Crippen LogP contribution in [0.25, 0.3) is 32.9 Å². The number of anilines is 1. The van der Waals surface area contributed by atoms with Gasteiger partial charge < -0.3 is 24.2 Å². The highest BCUT2D eigenvalue weighted by atomic mass is 35.5. The summed E-state index contributed by atoms with van der Waals surface area (Å²) in [4.78, 5) is 33.4. The molecule has 1 saturated carbocycles. The minimum absolute atomic E-state index is 0.00766. The van der Waals surface area contributed by atoms with Crippen LogP contribution in [0.5, 0.6) is 11.8 Å². The summed E-state index contributed by atoms with van der Waals surface area (Å²) in [7, 11) is 2.09. The zero-order valence-electron chi connectivity index (χ0n) is 26.2. The van der Waals surface area contributed by atoms with Crippen molar-refractivity contribution in [3.8, 4) is 29.1 Å². The first-order valence-electron chi connectivity index (χ1n) is 16.0. The fourth-order valence-electron chi connectivity index (χ4n) is 6.59. The van der Waals surface area contributed by atoms with Crippen molar-refractivity contribution in [1.82, 2.24) is 24.8 Å².